The minimum atomic E-state index is 0.747. The fourth-order valence-corrected chi connectivity index (χ4v) is 7.06. The minimum Gasteiger partial charge on any atom is -0.457 e. The van der Waals surface area contributed by atoms with Gasteiger partial charge in [0.1, 0.15) is 28.4 Å². The first-order valence-electron chi connectivity index (χ1n) is 14.8. The molecule has 5 aromatic heterocycles. The van der Waals surface area contributed by atoms with Crippen molar-refractivity contribution in [2.45, 2.75) is 20.8 Å². The van der Waals surface area contributed by atoms with Crippen molar-refractivity contribution in [3.8, 4) is 22.8 Å². The summed E-state index contributed by atoms with van der Waals surface area (Å²) in [6.07, 6.45) is 7.59. The lowest BCUT2D eigenvalue weighted by Crippen LogP contribution is -1.97. The Hall–Kier alpha value is -5.75. The number of rotatable bonds is 3. The van der Waals surface area contributed by atoms with Crippen LogP contribution in [-0.2, 0) is 0 Å². The lowest BCUT2D eigenvalue weighted by molar-refractivity contribution is 0.484. The Balaban J connectivity index is 1.24. The van der Waals surface area contributed by atoms with Gasteiger partial charge >= 0.3 is 0 Å². The van der Waals surface area contributed by atoms with Crippen LogP contribution in [0, 0.1) is 20.8 Å². The Morgan fingerprint density at radius 3 is 2.02 bits per heavy atom. The molecule has 0 aliphatic heterocycles. The van der Waals surface area contributed by atoms with E-state index < -0.39 is 0 Å². The van der Waals surface area contributed by atoms with Crippen LogP contribution in [0.25, 0.3) is 66.0 Å². The first-order valence-corrected chi connectivity index (χ1v) is 14.8. The molecule has 0 fully saturated rings. The molecule has 0 bridgehead atoms. The number of aromatic nitrogens is 5. The third-order valence-electron chi connectivity index (χ3n) is 8.78. The van der Waals surface area contributed by atoms with E-state index in [1.807, 2.05) is 47.4 Å². The molecule has 0 N–H and O–H groups in total. The zero-order valence-corrected chi connectivity index (χ0v) is 24.5. The highest BCUT2D eigenvalue weighted by molar-refractivity contribution is 6.13. The van der Waals surface area contributed by atoms with E-state index in [0.717, 1.165) is 66.6 Å². The van der Waals surface area contributed by atoms with E-state index in [1.165, 1.54) is 27.6 Å². The normalized spacial score (nSPS) is 12.0. The predicted molar refractivity (Wildman–Crippen MR) is 178 cm³/mol. The van der Waals surface area contributed by atoms with E-state index in [1.54, 1.807) is 0 Å². The van der Waals surface area contributed by atoms with Crippen LogP contribution in [0.1, 0.15) is 16.7 Å². The molecule has 0 atom stereocenters. The highest BCUT2D eigenvalue weighted by Crippen LogP contribution is 2.38. The number of fused-ring (bicyclic) bond motifs is 12. The lowest BCUT2D eigenvalue weighted by Gasteiger charge is -2.15. The van der Waals surface area contributed by atoms with E-state index in [-0.39, 0.29) is 0 Å². The Bertz CT molecular complexity index is 2600. The number of hydrogen-bond acceptors (Lipinski definition) is 4. The Morgan fingerprint density at radius 1 is 0.568 bits per heavy atom. The minimum absolute atomic E-state index is 0.747. The molecular formula is C38H27N5O. The first-order chi connectivity index (χ1) is 21.5. The summed E-state index contributed by atoms with van der Waals surface area (Å²) in [4.78, 5) is 14.3. The van der Waals surface area contributed by atoms with E-state index >= 15 is 0 Å². The maximum Gasteiger partial charge on any atom is 0.146 e. The van der Waals surface area contributed by atoms with E-state index in [2.05, 4.69) is 102 Å². The molecule has 6 nitrogen and oxygen atoms in total. The van der Waals surface area contributed by atoms with Crippen LogP contribution >= 0.6 is 0 Å². The van der Waals surface area contributed by atoms with E-state index in [0.29, 0.717) is 0 Å². The number of pyridine rings is 3. The van der Waals surface area contributed by atoms with Crippen molar-refractivity contribution < 1.29 is 4.74 Å². The molecule has 0 unspecified atom stereocenters. The predicted octanol–water partition coefficient (Wildman–Crippen LogP) is 9.37. The Labute approximate surface area is 252 Å². The number of benzene rings is 4. The SMILES string of the molecule is Cc1cc(C)c(-c2cnc3c4cc(Oc5ccc6c7cccnc7n7ccnc7c6c5)ccc4c4ccccc4n23)c(C)c1. The van der Waals surface area contributed by atoms with Crippen LogP contribution in [0.5, 0.6) is 11.5 Å². The smallest absolute Gasteiger partial charge is 0.146 e. The van der Waals surface area contributed by atoms with Gasteiger partial charge in [-0.25, -0.2) is 15.0 Å². The quantitative estimate of drug-likeness (QED) is 0.199. The molecule has 0 amide bonds. The third-order valence-corrected chi connectivity index (χ3v) is 8.78. The van der Waals surface area contributed by atoms with Gasteiger partial charge in [0.15, 0.2) is 0 Å². The lowest BCUT2D eigenvalue weighted by atomic mass is 9.97. The van der Waals surface area contributed by atoms with Crippen LogP contribution in [0.4, 0.5) is 0 Å². The maximum absolute atomic E-state index is 6.55. The molecule has 9 aromatic rings. The van der Waals surface area contributed by atoms with Crippen LogP contribution in [0.3, 0.4) is 0 Å². The summed E-state index contributed by atoms with van der Waals surface area (Å²) in [6.45, 7) is 6.52. The molecule has 210 valence electrons. The summed E-state index contributed by atoms with van der Waals surface area (Å²) in [5, 5.41) is 6.56. The summed E-state index contributed by atoms with van der Waals surface area (Å²) in [6, 6.07) is 29.6. The van der Waals surface area contributed by atoms with Gasteiger partial charge in [0, 0.05) is 45.7 Å². The molecule has 4 aromatic carbocycles. The number of nitrogens with zero attached hydrogens (tertiary/aromatic N) is 5. The average molecular weight is 570 g/mol. The highest BCUT2D eigenvalue weighted by Gasteiger charge is 2.18. The first kappa shape index (κ1) is 24.8. The molecule has 0 aliphatic carbocycles. The van der Waals surface area contributed by atoms with E-state index in [9.17, 15) is 0 Å². The summed E-state index contributed by atoms with van der Waals surface area (Å²) in [7, 11) is 0. The van der Waals surface area contributed by atoms with Gasteiger partial charge in [0.25, 0.3) is 0 Å². The molecule has 0 aliphatic rings. The zero-order valence-electron chi connectivity index (χ0n) is 24.5. The summed E-state index contributed by atoms with van der Waals surface area (Å²) in [5.74, 6) is 1.50. The van der Waals surface area contributed by atoms with Crippen LogP contribution < -0.4 is 4.74 Å². The monoisotopic (exact) mass is 569 g/mol. The maximum atomic E-state index is 6.55. The molecule has 9 rings (SSSR count). The average Bonchev–Trinajstić information content (AvgIpc) is 3.70. The number of para-hydroxylation sites is 1. The van der Waals surface area contributed by atoms with Gasteiger partial charge < -0.3 is 4.74 Å². The standard InChI is InChI=1S/C38H27N5O/c1-22-17-23(2)35(24(3)18-22)34-21-41-38-32-20-26(10-12-27(32)29-7-4-5-9-33(29)43(34)38)44-25-11-13-28-30-8-6-14-39-36(30)42-16-15-40-37(42)31(28)19-25/h4-21H,1-3H3. The summed E-state index contributed by atoms with van der Waals surface area (Å²) < 4.78 is 10.9. The van der Waals surface area contributed by atoms with Crippen molar-refractivity contribution in [2.75, 3.05) is 0 Å². The molecule has 6 heteroatoms. The second-order valence-corrected chi connectivity index (χ2v) is 11.6. The van der Waals surface area contributed by atoms with Crippen molar-refractivity contribution in [2.24, 2.45) is 0 Å². The van der Waals surface area contributed by atoms with Crippen molar-refractivity contribution in [3.05, 3.63) is 126 Å². The van der Waals surface area contributed by atoms with Gasteiger partial charge in [0.2, 0.25) is 0 Å². The second-order valence-electron chi connectivity index (χ2n) is 11.6. The molecule has 0 saturated heterocycles. The summed E-state index contributed by atoms with van der Waals surface area (Å²) >= 11 is 0. The Kier molecular flexibility index (Phi) is 5.14. The van der Waals surface area contributed by atoms with Crippen molar-refractivity contribution in [1.82, 2.24) is 23.8 Å². The molecule has 44 heavy (non-hydrogen) atoms. The van der Waals surface area contributed by atoms with Crippen molar-refractivity contribution in [1.29, 1.82) is 0 Å². The number of imidazole rings is 2. The Morgan fingerprint density at radius 2 is 1.23 bits per heavy atom. The number of hydrogen-bond donors (Lipinski definition) is 0. The molecular weight excluding hydrogens is 542 g/mol. The van der Waals surface area contributed by atoms with Gasteiger partial charge in [-0.05, 0) is 97.3 Å². The van der Waals surface area contributed by atoms with Crippen LogP contribution in [-0.4, -0.2) is 23.8 Å². The van der Waals surface area contributed by atoms with Gasteiger partial charge in [0.05, 0.1) is 17.4 Å². The number of aryl methyl sites for hydroxylation is 3. The molecule has 0 spiro atoms. The van der Waals surface area contributed by atoms with Crippen LogP contribution in [0.15, 0.2) is 110 Å². The molecule has 0 radical (unpaired) electrons. The molecule has 5 heterocycles. The topological polar surface area (TPSA) is 56.7 Å². The van der Waals surface area contributed by atoms with Crippen molar-refractivity contribution >= 4 is 54.8 Å². The van der Waals surface area contributed by atoms with Gasteiger partial charge in [-0.15, -0.1) is 0 Å². The van der Waals surface area contributed by atoms with Gasteiger partial charge in [-0.2, -0.15) is 0 Å². The molecule has 0 saturated carbocycles. The van der Waals surface area contributed by atoms with Gasteiger partial charge in [-0.1, -0.05) is 35.9 Å². The van der Waals surface area contributed by atoms with Crippen LogP contribution in [0.2, 0.25) is 0 Å². The largest absolute Gasteiger partial charge is 0.457 e. The fourth-order valence-electron chi connectivity index (χ4n) is 7.06. The zero-order chi connectivity index (χ0) is 29.5. The number of ether oxygens (including phenoxy) is 1. The fraction of sp³-hybridized carbons (Fsp3) is 0.0789. The highest BCUT2D eigenvalue weighted by atomic mass is 16.5. The van der Waals surface area contributed by atoms with E-state index in [4.69, 9.17) is 9.72 Å². The second kappa shape index (κ2) is 9.12. The summed E-state index contributed by atoms with van der Waals surface area (Å²) in [5.41, 5.74) is 9.88. The van der Waals surface area contributed by atoms with Crippen molar-refractivity contribution in [3.63, 3.8) is 0 Å². The van der Waals surface area contributed by atoms with Gasteiger partial charge in [-0.3, -0.25) is 8.80 Å². The third kappa shape index (κ3) is 3.51.